The van der Waals surface area contributed by atoms with Gasteiger partial charge in [0.25, 0.3) is 0 Å². The average molecular weight is 332 g/mol. The number of hydrogen-bond acceptors (Lipinski definition) is 4. The number of hydrogen-bond donors (Lipinski definition) is 3. The van der Waals surface area contributed by atoms with E-state index >= 15 is 0 Å². The van der Waals surface area contributed by atoms with Gasteiger partial charge in [-0.2, -0.15) is 0 Å². The number of rotatable bonds is 2. The van der Waals surface area contributed by atoms with Crippen molar-refractivity contribution in [1.82, 2.24) is 15.5 Å². The van der Waals surface area contributed by atoms with Crippen molar-refractivity contribution >= 4 is 17.6 Å². The Morgan fingerprint density at radius 1 is 1.29 bits per heavy atom. The molecular formula is C17H24N4O3. The van der Waals surface area contributed by atoms with Gasteiger partial charge in [0.15, 0.2) is 0 Å². The van der Waals surface area contributed by atoms with Gasteiger partial charge in [0.05, 0.1) is 7.11 Å². The van der Waals surface area contributed by atoms with Gasteiger partial charge < -0.3 is 25.6 Å². The molecule has 0 aromatic heterocycles. The average Bonchev–Trinajstić information content (AvgIpc) is 2.60. The summed E-state index contributed by atoms with van der Waals surface area (Å²) in [6.45, 7) is 4.49. The Kier molecular flexibility index (Phi) is 4.62. The van der Waals surface area contributed by atoms with Gasteiger partial charge in [-0.1, -0.05) is 0 Å². The summed E-state index contributed by atoms with van der Waals surface area (Å²) < 4.78 is 5.18. The molecule has 24 heavy (non-hydrogen) atoms. The Morgan fingerprint density at radius 3 is 2.67 bits per heavy atom. The lowest BCUT2D eigenvalue weighted by molar-refractivity contribution is -0.131. The highest BCUT2D eigenvalue weighted by Crippen LogP contribution is 2.26. The SMILES string of the molecule is COc1ccc(NC(=O)N2CCC3(CC2)NCCNC3=O)c(C)c1. The van der Waals surface area contributed by atoms with E-state index in [-0.39, 0.29) is 11.9 Å². The predicted octanol–water partition coefficient (Wildman–Crippen LogP) is 1.09. The first-order chi connectivity index (χ1) is 11.5. The largest absolute Gasteiger partial charge is 0.497 e. The molecule has 7 nitrogen and oxygen atoms in total. The summed E-state index contributed by atoms with van der Waals surface area (Å²) in [7, 11) is 1.62. The Labute approximate surface area is 141 Å². The fourth-order valence-electron chi connectivity index (χ4n) is 3.32. The maximum Gasteiger partial charge on any atom is 0.321 e. The molecule has 130 valence electrons. The van der Waals surface area contributed by atoms with Crippen LogP contribution in [0, 0.1) is 6.92 Å². The highest BCUT2D eigenvalue weighted by atomic mass is 16.5. The number of anilines is 1. The zero-order valence-corrected chi connectivity index (χ0v) is 14.1. The van der Waals surface area contributed by atoms with E-state index in [1.54, 1.807) is 12.0 Å². The second-order valence-corrected chi connectivity index (χ2v) is 6.36. The molecule has 0 aliphatic carbocycles. The van der Waals surface area contributed by atoms with E-state index in [4.69, 9.17) is 4.74 Å². The molecule has 3 amide bonds. The summed E-state index contributed by atoms with van der Waals surface area (Å²) in [4.78, 5) is 26.4. The number of benzene rings is 1. The van der Waals surface area contributed by atoms with Gasteiger partial charge in [-0.15, -0.1) is 0 Å². The summed E-state index contributed by atoms with van der Waals surface area (Å²) in [5, 5.41) is 9.19. The lowest BCUT2D eigenvalue weighted by Gasteiger charge is -2.43. The van der Waals surface area contributed by atoms with Gasteiger partial charge in [0.1, 0.15) is 11.3 Å². The molecule has 0 saturated carbocycles. The minimum Gasteiger partial charge on any atom is -0.497 e. The lowest BCUT2D eigenvalue weighted by Crippen LogP contribution is -2.67. The number of likely N-dealkylation sites (tertiary alicyclic amines) is 1. The minimum atomic E-state index is -0.509. The van der Waals surface area contributed by atoms with Crippen LogP contribution in [-0.4, -0.2) is 55.7 Å². The van der Waals surface area contributed by atoms with Crippen LogP contribution in [0.25, 0.3) is 0 Å². The fraction of sp³-hybridized carbons (Fsp3) is 0.529. The van der Waals surface area contributed by atoms with Gasteiger partial charge in [0.2, 0.25) is 5.91 Å². The quantitative estimate of drug-likeness (QED) is 0.757. The zero-order valence-electron chi connectivity index (χ0n) is 14.1. The van der Waals surface area contributed by atoms with Crippen LogP contribution >= 0.6 is 0 Å². The Hall–Kier alpha value is -2.28. The third-order valence-corrected chi connectivity index (χ3v) is 4.89. The Balaban J connectivity index is 1.60. The molecule has 2 aliphatic rings. The molecule has 3 N–H and O–H groups in total. The number of carbonyl (C=O) groups is 2. The first-order valence-corrected chi connectivity index (χ1v) is 8.28. The van der Waals surface area contributed by atoms with Crippen LogP contribution < -0.4 is 20.7 Å². The number of amides is 3. The summed E-state index contributed by atoms with van der Waals surface area (Å²) in [6.07, 6.45) is 1.27. The van der Waals surface area contributed by atoms with Crippen LogP contribution in [0.3, 0.4) is 0 Å². The highest BCUT2D eigenvalue weighted by molar-refractivity contribution is 5.91. The van der Waals surface area contributed by atoms with E-state index in [0.29, 0.717) is 32.5 Å². The number of piperazine rings is 1. The van der Waals surface area contributed by atoms with E-state index in [1.807, 2.05) is 25.1 Å². The van der Waals surface area contributed by atoms with E-state index in [9.17, 15) is 9.59 Å². The monoisotopic (exact) mass is 332 g/mol. The van der Waals surface area contributed by atoms with E-state index in [2.05, 4.69) is 16.0 Å². The van der Waals surface area contributed by atoms with Crippen molar-refractivity contribution < 1.29 is 14.3 Å². The summed E-state index contributed by atoms with van der Waals surface area (Å²) >= 11 is 0. The summed E-state index contributed by atoms with van der Waals surface area (Å²) in [6, 6.07) is 5.42. The number of piperidine rings is 1. The van der Waals surface area contributed by atoms with Gasteiger partial charge in [-0.25, -0.2) is 4.79 Å². The number of nitrogens with one attached hydrogen (secondary N) is 3. The minimum absolute atomic E-state index is 0.0554. The number of nitrogens with zero attached hydrogens (tertiary/aromatic N) is 1. The van der Waals surface area contributed by atoms with Crippen molar-refractivity contribution in [2.24, 2.45) is 0 Å². The first-order valence-electron chi connectivity index (χ1n) is 8.28. The second kappa shape index (κ2) is 6.68. The van der Waals surface area contributed by atoms with Crippen molar-refractivity contribution in [1.29, 1.82) is 0 Å². The smallest absolute Gasteiger partial charge is 0.321 e. The maximum absolute atomic E-state index is 12.5. The highest BCUT2D eigenvalue weighted by Gasteiger charge is 2.43. The van der Waals surface area contributed by atoms with Crippen molar-refractivity contribution in [2.45, 2.75) is 25.3 Å². The van der Waals surface area contributed by atoms with Gasteiger partial charge >= 0.3 is 6.03 Å². The Morgan fingerprint density at radius 2 is 2.04 bits per heavy atom. The predicted molar refractivity (Wildman–Crippen MR) is 91.3 cm³/mol. The normalized spacial score (nSPS) is 19.8. The first kappa shape index (κ1) is 16.6. The third-order valence-electron chi connectivity index (χ3n) is 4.89. The zero-order chi connectivity index (χ0) is 17.2. The summed E-state index contributed by atoms with van der Waals surface area (Å²) in [5.41, 5.74) is 1.21. The molecule has 0 unspecified atom stereocenters. The molecule has 2 fully saturated rings. The van der Waals surface area contributed by atoms with Gasteiger partial charge in [0, 0.05) is 31.9 Å². The van der Waals surface area contributed by atoms with Crippen LogP contribution in [-0.2, 0) is 4.79 Å². The molecule has 0 bridgehead atoms. The van der Waals surface area contributed by atoms with E-state index < -0.39 is 5.54 Å². The number of ether oxygens (including phenoxy) is 1. The molecule has 2 aliphatic heterocycles. The third kappa shape index (κ3) is 3.17. The molecule has 7 heteroatoms. The Bertz CT molecular complexity index is 639. The van der Waals surface area contributed by atoms with Gasteiger partial charge in [-0.3, -0.25) is 4.79 Å². The van der Waals surface area contributed by atoms with Crippen LogP contribution in [0.4, 0.5) is 10.5 Å². The standard InChI is InChI=1S/C17H24N4O3/c1-12-11-13(24-2)3-4-14(12)20-16(23)21-9-5-17(6-10-21)15(22)18-7-8-19-17/h3-4,11,19H,5-10H2,1-2H3,(H,18,22)(H,20,23). The molecular weight excluding hydrogens is 308 g/mol. The number of methoxy groups -OCH3 is 1. The molecule has 0 atom stereocenters. The van der Waals surface area contributed by atoms with Crippen LogP contribution in [0.15, 0.2) is 18.2 Å². The number of aryl methyl sites for hydroxylation is 1. The van der Waals surface area contributed by atoms with Crippen molar-refractivity contribution in [3.8, 4) is 5.75 Å². The second-order valence-electron chi connectivity index (χ2n) is 6.36. The van der Waals surface area contributed by atoms with E-state index in [1.165, 1.54) is 0 Å². The topological polar surface area (TPSA) is 82.7 Å². The molecule has 1 spiro atoms. The molecule has 2 saturated heterocycles. The molecule has 3 rings (SSSR count). The maximum atomic E-state index is 12.5. The lowest BCUT2D eigenvalue weighted by atomic mass is 9.85. The molecule has 0 radical (unpaired) electrons. The fourth-order valence-corrected chi connectivity index (χ4v) is 3.32. The molecule has 1 aromatic carbocycles. The summed E-state index contributed by atoms with van der Waals surface area (Å²) in [5.74, 6) is 0.819. The number of urea groups is 1. The number of carbonyl (C=O) groups excluding carboxylic acids is 2. The van der Waals surface area contributed by atoms with Crippen LogP contribution in [0.1, 0.15) is 18.4 Å². The van der Waals surface area contributed by atoms with Crippen LogP contribution in [0.2, 0.25) is 0 Å². The van der Waals surface area contributed by atoms with E-state index in [0.717, 1.165) is 23.5 Å². The molecule has 1 aromatic rings. The van der Waals surface area contributed by atoms with Crippen molar-refractivity contribution in [3.05, 3.63) is 23.8 Å². The molecule has 2 heterocycles. The van der Waals surface area contributed by atoms with Crippen molar-refractivity contribution in [2.75, 3.05) is 38.6 Å². The van der Waals surface area contributed by atoms with Gasteiger partial charge in [-0.05, 0) is 43.5 Å². The van der Waals surface area contributed by atoms with Crippen molar-refractivity contribution in [3.63, 3.8) is 0 Å². The van der Waals surface area contributed by atoms with Crippen LogP contribution in [0.5, 0.6) is 5.75 Å².